The van der Waals surface area contributed by atoms with Gasteiger partial charge in [0, 0.05) is 5.88 Å². The Morgan fingerprint density at radius 2 is 2.23 bits per heavy atom. The van der Waals surface area contributed by atoms with Crippen molar-refractivity contribution in [1.82, 2.24) is 0 Å². The van der Waals surface area contributed by atoms with Gasteiger partial charge in [-0.25, -0.2) is 4.79 Å². The summed E-state index contributed by atoms with van der Waals surface area (Å²) in [6.45, 7) is 1.87. The fourth-order valence-corrected chi connectivity index (χ4v) is 1.45. The molecule has 70 valence electrons. The zero-order chi connectivity index (χ0) is 9.84. The molecule has 1 aromatic rings. The van der Waals surface area contributed by atoms with E-state index < -0.39 is 0 Å². The maximum absolute atomic E-state index is 11.2. The predicted octanol–water partition coefficient (Wildman–Crippen LogP) is 2.52. The molecule has 0 aliphatic rings. The Hall–Kier alpha value is -1.02. The van der Waals surface area contributed by atoms with E-state index in [9.17, 15) is 4.79 Å². The van der Waals surface area contributed by atoms with Gasteiger partial charge >= 0.3 is 5.97 Å². The van der Waals surface area contributed by atoms with Crippen LogP contribution in [0.2, 0.25) is 0 Å². The lowest BCUT2D eigenvalue weighted by Crippen LogP contribution is -2.05. The van der Waals surface area contributed by atoms with Crippen LogP contribution in [0, 0.1) is 6.92 Å². The largest absolute Gasteiger partial charge is 0.465 e. The van der Waals surface area contributed by atoms with E-state index in [1.165, 1.54) is 7.11 Å². The highest BCUT2D eigenvalue weighted by Gasteiger charge is 2.10. The molecular weight excluding hydrogens is 188 g/mol. The van der Waals surface area contributed by atoms with Crippen LogP contribution in [0.25, 0.3) is 0 Å². The van der Waals surface area contributed by atoms with Crippen LogP contribution in [0.4, 0.5) is 0 Å². The summed E-state index contributed by atoms with van der Waals surface area (Å²) in [6, 6.07) is 5.43. The SMILES string of the molecule is COC(=O)c1cccc(CCl)c1C. The smallest absolute Gasteiger partial charge is 0.338 e. The van der Waals surface area contributed by atoms with Crippen molar-refractivity contribution in [2.24, 2.45) is 0 Å². The molecule has 3 heteroatoms. The lowest BCUT2D eigenvalue weighted by molar-refractivity contribution is 0.0600. The number of alkyl halides is 1. The van der Waals surface area contributed by atoms with Gasteiger partial charge in [-0.1, -0.05) is 12.1 Å². The molecule has 0 N–H and O–H groups in total. The molecule has 0 unspecified atom stereocenters. The van der Waals surface area contributed by atoms with Crippen LogP contribution >= 0.6 is 11.6 Å². The number of methoxy groups -OCH3 is 1. The first kappa shape index (κ1) is 10.1. The van der Waals surface area contributed by atoms with Gasteiger partial charge in [-0.2, -0.15) is 0 Å². The minimum Gasteiger partial charge on any atom is -0.465 e. The highest BCUT2D eigenvalue weighted by Crippen LogP contribution is 2.16. The lowest BCUT2D eigenvalue weighted by atomic mass is 10.0. The van der Waals surface area contributed by atoms with Crippen LogP contribution in [0.15, 0.2) is 18.2 Å². The average Bonchev–Trinajstić information content (AvgIpc) is 2.17. The molecule has 0 radical (unpaired) electrons. The van der Waals surface area contributed by atoms with Gasteiger partial charge in [-0.3, -0.25) is 0 Å². The number of benzene rings is 1. The average molecular weight is 199 g/mol. The van der Waals surface area contributed by atoms with Crippen LogP contribution < -0.4 is 0 Å². The van der Waals surface area contributed by atoms with Crippen molar-refractivity contribution in [3.05, 3.63) is 34.9 Å². The van der Waals surface area contributed by atoms with Crippen LogP contribution in [-0.4, -0.2) is 13.1 Å². The maximum atomic E-state index is 11.2. The molecule has 0 saturated carbocycles. The van der Waals surface area contributed by atoms with E-state index in [1.807, 2.05) is 13.0 Å². The minimum atomic E-state index is -0.315. The van der Waals surface area contributed by atoms with Gasteiger partial charge < -0.3 is 4.74 Å². The second kappa shape index (κ2) is 4.28. The molecule has 0 fully saturated rings. The number of esters is 1. The molecule has 0 atom stereocenters. The van der Waals surface area contributed by atoms with Crippen molar-refractivity contribution in [2.75, 3.05) is 7.11 Å². The Labute approximate surface area is 82.5 Å². The summed E-state index contributed by atoms with van der Waals surface area (Å²) in [6.07, 6.45) is 0. The molecule has 1 rings (SSSR count). The second-order valence-corrected chi connectivity index (χ2v) is 2.98. The van der Waals surface area contributed by atoms with Crippen molar-refractivity contribution >= 4 is 17.6 Å². The molecule has 0 amide bonds. The van der Waals surface area contributed by atoms with E-state index >= 15 is 0 Å². The molecule has 0 bridgehead atoms. The zero-order valence-electron chi connectivity index (χ0n) is 7.63. The maximum Gasteiger partial charge on any atom is 0.338 e. The predicted molar refractivity (Wildman–Crippen MR) is 52.1 cm³/mol. The van der Waals surface area contributed by atoms with E-state index in [1.54, 1.807) is 12.1 Å². The Kier molecular flexibility index (Phi) is 3.32. The Balaban J connectivity index is 3.15. The number of ether oxygens (including phenoxy) is 1. The van der Waals surface area contributed by atoms with Gasteiger partial charge in [-0.05, 0) is 24.1 Å². The molecule has 0 heterocycles. The highest BCUT2D eigenvalue weighted by molar-refractivity contribution is 6.17. The van der Waals surface area contributed by atoms with Crippen LogP contribution in [0.1, 0.15) is 21.5 Å². The van der Waals surface area contributed by atoms with Gasteiger partial charge in [0.05, 0.1) is 12.7 Å². The van der Waals surface area contributed by atoms with E-state index in [2.05, 4.69) is 4.74 Å². The third-order valence-corrected chi connectivity index (χ3v) is 2.28. The zero-order valence-corrected chi connectivity index (χ0v) is 8.39. The summed E-state index contributed by atoms with van der Waals surface area (Å²) in [5.41, 5.74) is 2.44. The third-order valence-electron chi connectivity index (χ3n) is 2.00. The molecule has 0 aliphatic heterocycles. The number of halogens is 1. The molecule has 0 spiro atoms. The molecule has 0 saturated heterocycles. The number of rotatable bonds is 2. The normalized spacial score (nSPS) is 9.77. The first-order valence-electron chi connectivity index (χ1n) is 3.93. The summed E-state index contributed by atoms with van der Waals surface area (Å²) in [5.74, 6) is 0.0981. The van der Waals surface area contributed by atoms with Crippen LogP contribution in [0.3, 0.4) is 0 Å². The molecule has 1 aromatic carbocycles. The number of hydrogen-bond acceptors (Lipinski definition) is 2. The number of carbonyl (C=O) groups excluding carboxylic acids is 1. The van der Waals surface area contributed by atoms with Crippen LogP contribution in [0.5, 0.6) is 0 Å². The quantitative estimate of drug-likeness (QED) is 0.539. The summed E-state index contributed by atoms with van der Waals surface area (Å²) >= 11 is 5.70. The summed E-state index contributed by atoms with van der Waals surface area (Å²) < 4.78 is 4.63. The summed E-state index contributed by atoms with van der Waals surface area (Å²) in [4.78, 5) is 11.2. The highest BCUT2D eigenvalue weighted by atomic mass is 35.5. The topological polar surface area (TPSA) is 26.3 Å². The Bertz CT molecular complexity index is 321. The standard InChI is InChI=1S/C10H11ClO2/c1-7-8(6-11)4-3-5-9(7)10(12)13-2/h3-5H,6H2,1-2H3. The molecule has 13 heavy (non-hydrogen) atoms. The fourth-order valence-electron chi connectivity index (χ4n) is 1.16. The Morgan fingerprint density at radius 3 is 2.77 bits per heavy atom. The van der Waals surface area contributed by atoms with E-state index in [0.717, 1.165) is 11.1 Å². The van der Waals surface area contributed by atoms with Crippen molar-refractivity contribution in [2.45, 2.75) is 12.8 Å². The monoisotopic (exact) mass is 198 g/mol. The van der Waals surface area contributed by atoms with E-state index in [0.29, 0.717) is 11.4 Å². The van der Waals surface area contributed by atoms with Gasteiger partial charge in [0.2, 0.25) is 0 Å². The molecule has 0 aromatic heterocycles. The van der Waals surface area contributed by atoms with Crippen molar-refractivity contribution in [1.29, 1.82) is 0 Å². The Morgan fingerprint density at radius 1 is 1.54 bits per heavy atom. The van der Waals surface area contributed by atoms with Gasteiger partial charge in [0.1, 0.15) is 0 Å². The summed E-state index contributed by atoms with van der Waals surface area (Å²) in [7, 11) is 1.37. The number of carbonyl (C=O) groups is 1. The molecular formula is C10H11ClO2. The second-order valence-electron chi connectivity index (χ2n) is 2.71. The molecule has 2 nitrogen and oxygen atoms in total. The van der Waals surface area contributed by atoms with Crippen molar-refractivity contribution in [3.63, 3.8) is 0 Å². The fraction of sp³-hybridized carbons (Fsp3) is 0.300. The number of hydrogen-bond donors (Lipinski definition) is 0. The summed E-state index contributed by atoms with van der Waals surface area (Å²) in [5, 5.41) is 0. The van der Waals surface area contributed by atoms with Gasteiger partial charge in [0.25, 0.3) is 0 Å². The van der Waals surface area contributed by atoms with Crippen molar-refractivity contribution < 1.29 is 9.53 Å². The van der Waals surface area contributed by atoms with E-state index in [-0.39, 0.29) is 5.97 Å². The third kappa shape index (κ3) is 2.01. The lowest BCUT2D eigenvalue weighted by Gasteiger charge is -2.06. The molecule has 0 aliphatic carbocycles. The van der Waals surface area contributed by atoms with E-state index in [4.69, 9.17) is 11.6 Å². The van der Waals surface area contributed by atoms with Crippen LogP contribution in [-0.2, 0) is 10.6 Å². The van der Waals surface area contributed by atoms with Crippen molar-refractivity contribution in [3.8, 4) is 0 Å². The van der Waals surface area contributed by atoms with Gasteiger partial charge in [0.15, 0.2) is 0 Å². The first-order valence-corrected chi connectivity index (χ1v) is 4.47. The van der Waals surface area contributed by atoms with Gasteiger partial charge in [-0.15, -0.1) is 11.6 Å². The minimum absolute atomic E-state index is 0.315. The first-order chi connectivity index (χ1) is 6.20.